The Morgan fingerprint density at radius 3 is 2.65 bits per heavy atom. The van der Waals surface area contributed by atoms with E-state index in [1.54, 1.807) is 6.07 Å². The Kier molecular flexibility index (Phi) is 3.17. The van der Waals surface area contributed by atoms with E-state index < -0.39 is 11.0 Å². The minimum Gasteiger partial charge on any atom is -0.234 e. The summed E-state index contributed by atoms with van der Waals surface area (Å²) in [5, 5.41) is 0. The molecule has 1 unspecified atom stereocenters. The number of halogens is 1. The standard InChI is InChI=1S/C13H16FNOS/c1-13(2,3)17(16)15-12-8-7-9-10(12)5-4-6-11(9)14/h4-6H,7-8H2,1-3H3/b15-12+. The van der Waals surface area contributed by atoms with Gasteiger partial charge < -0.3 is 0 Å². The fraction of sp³-hybridized carbons (Fsp3) is 0.462. The summed E-state index contributed by atoms with van der Waals surface area (Å²) in [6.07, 6.45) is 1.33. The van der Waals surface area contributed by atoms with Crippen LogP contribution in [0, 0.1) is 5.82 Å². The summed E-state index contributed by atoms with van der Waals surface area (Å²) in [7, 11) is -1.28. The van der Waals surface area contributed by atoms with Crippen LogP contribution in [0.2, 0.25) is 0 Å². The highest BCUT2D eigenvalue weighted by Gasteiger charge is 2.24. The van der Waals surface area contributed by atoms with E-state index in [1.165, 1.54) is 6.07 Å². The molecule has 1 aromatic carbocycles. The average Bonchev–Trinajstić information content (AvgIpc) is 2.62. The number of benzene rings is 1. The lowest BCUT2D eigenvalue weighted by atomic mass is 10.1. The van der Waals surface area contributed by atoms with Gasteiger partial charge in [-0.05, 0) is 45.2 Å². The number of rotatable bonds is 1. The quantitative estimate of drug-likeness (QED) is 0.756. The van der Waals surface area contributed by atoms with E-state index in [9.17, 15) is 8.60 Å². The van der Waals surface area contributed by atoms with Crippen LogP contribution in [0.4, 0.5) is 4.39 Å². The number of nitrogens with zero attached hydrogens (tertiary/aromatic N) is 1. The van der Waals surface area contributed by atoms with Crippen molar-refractivity contribution >= 4 is 16.7 Å². The van der Waals surface area contributed by atoms with Crippen LogP contribution in [0.5, 0.6) is 0 Å². The Bertz CT molecular complexity index is 503. The molecule has 2 rings (SSSR count). The fourth-order valence-corrected chi connectivity index (χ4v) is 2.46. The molecule has 1 aliphatic carbocycles. The molecule has 1 atom stereocenters. The fourth-order valence-electron chi connectivity index (χ4n) is 1.79. The Hall–Kier alpha value is -1.03. The van der Waals surface area contributed by atoms with Crippen LogP contribution in [0.15, 0.2) is 22.6 Å². The maximum absolute atomic E-state index is 13.5. The predicted octanol–water partition coefficient (Wildman–Crippen LogP) is 3.02. The smallest absolute Gasteiger partial charge is 0.145 e. The van der Waals surface area contributed by atoms with Crippen molar-refractivity contribution in [2.24, 2.45) is 4.40 Å². The molecule has 17 heavy (non-hydrogen) atoms. The van der Waals surface area contributed by atoms with Gasteiger partial charge in [-0.15, -0.1) is 0 Å². The summed E-state index contributed by atoms with van der Waals surface area (Å²) in [6, 6.07) is 4.99. The highest BCUT2D eigenvalue weighted by molar-refractivity contribution is 7.85. The van der Waals surface area contributed by atoms with Crippen molar-refractivity contribution in [2.75, 3.05) is 0 Å². The first-order valence-electron chi connectivity index (χ1n) is 5.67. The first kappa shape index (κ1) is 12.4. The molecule has 0 radical (unpaired) electrons. The molecule has 1 aromatic rings. The monoisotopic (exact) mass is 253 g/mol. The minimum absolute atomic E-state index is 0.186. The van der Waals surface area contributed by atoms with E-state index in [2.05, 4.69) is 4.40 Å². The third kappa shape index (κ3) is 2.46. The van der Waals surface area contributed by atoms with Gasteiger partial charge in [-0.2, -0.15) is 4.40 Å². The maximum atomic E-state index is 13.5. The van der Waals surface area contributed by atoms with E-state index in [-0.39, 0.29) is 10.6 Å². The summed E-state index contributed by atoms with van der Waals surface area (Å²) >= 11 is 0. The molecule has 0 fully saturated rings. The van der Waals surface area contributed by atoms with Crippen LogP contribution in [0.1, 0.15) is 38.3 Å². The van der Waals surface area contributed by atoms with E-state index in [0.29, 0.717) is 18.4 Å². The van der Waals surface area contributed by atoms with Crippen molar-refractivity contribution < 1.29 is 8.60 Å². The van der Waals surface area contributed by atoms with Gasteiger partial charge in [0.1, 0.15) is 16.8 Å². The van der Waals surface area contributed by atoms with Gasteiger partial charge in [-0.3, -0.25) is 0 Å². The van der Waals surface area contributed by atoms with Crippen LogP contribution in [0.25, 0.3) is 0 Å². The van der Waals surface area contributed by atoms with Crippen molar-refractivity contribution in [3.8, 4) is 0 Å². The van der Waals surface area contributed by atoms with Gasteiger partial charge in [0.25, 0.3) is 0 Å². The maximum Gasteiger partial charge on any atom is 0.145 e. The van der Waals surface area contributed by atoms with Gasteiger partial charge in [0.05, 0.1) is 10.5 Å². The zero-order valence-corrected chi connectivity index (χ0v) is 11.1. The summed E-state index contributed by atoms with van der Waals surface area (Å²) in [4.78, 5) is 0. The third-order valence-corrected chi connectivity index (χ3v) is 4.19. The van der Waals surface area contributed by atoms with Gasteiger partial charge in [0.15, 0.2) is 0 Å². The molecule has 1 aliphatic rings. The molecule has 0 aromatic heterocycles. The molecule has 92 valence electrons. The second kappa shape index (κ2) is 4.33. The highest BCUT2D eigenvalue weighted by Crippen LogP contribution is 2.26. The van der Waals surface area contributed by atoms with Gasteiger partial charge in [-0.25, -0.2) is 8.60 Å². The lowest BCUT2D eigenvalue weighted by Gasteiger charge is -2.14. The molecule has 0 spiro atoms. The Balaban J connectivity index is 2.38. The number of hydrogen-bond acceptors (Lipinski definition) is 1. The first-order chi connectivity index (χ1) is 7.89. The molecule has 0 bridgehead atoms. The lowest BCUT2D eigenvalue weighted by molar-refractivity contribution is 0.613. The van der Waals surface area contributed by atoms with Crippen molar-refractivity contribution in [3.05, 3.63) is 35.1 Å². The number of hydrogen-bond donors (Lipinski definition) is 0. The Morgan fingerprint density at radius 2 is 2.00 bits per heavy atom. The largest absolute Gasteiger partial charge is 0.234 e. The molecular formula is C13H16FNOS. The molecule has 0 amide bonds. The van der Waals surface area contributed by atoms with Crippen molar-refractivity contribution in [1.29, 1.82) is 0 Å². The van der Waals surface area contributed by atoms with Crippen molar-refractivity contribution in [1.82, 2.24) is 0 Å². The molecule has 2 nitrogen and oxygen atoms in total. The number of fused-ring (bicyclic) bond motifs is 1. The molecule has 0 saturated heterocycles. The van der Waals surface area contributed by atoms with Crippen LogP contribution >= 0.6 is 0 Å². The summed E-state index contributed by atoms with van der Waals surface area (Å²) in [5.74, 6) is -0.186. The van der Waals surface area contributed by atoms with Crippen LogP contribution in [0.3, 0.4) is 0 Å². The van der Waals surface area contributed by atoms with Gasteiger partial charge >= 0.3 is 0 Å². The third-order valence-electron chi connectivity index (χ3n) is 2.76. The average molecular weight is 253 g/mol. The van der Waals surface area contributed by atoms with Crippen molar-refractivity contribution in [3.63, 3.8) is 0 Å². The first-order valence-corrected chi connectivity index (χ1v) is 6.77. The summed E-state index contributed by atoms with van der Waals surface area (Å²) in [6.45, 7) is 5.65. The minimum atomic E-state index is -1.28. The van der Waals surface area contributed by atoms with Gasteiger partial charge in [-0.1, -0.05) is 12.1 Å². The molecule has 4 heteroatoms. The second-order valence-electron chi connectivity index (χ2n) is 5.17. The molecule has 0 aliphatic heterocycles. The van der Waals surface area contributed by atoms with E-state index in [1.807, 2.05) is 26.8 Å². The van der Waals surface area contributed by atoms with Crippen LogP contribution in [-0.4, -0.2) is 14.7 Å². The van der Waals surface area contributed by atoms with Crippen LogP contribution in [-0.2, 0) is 17.4 Å². The predicted molar refractivity (Wildman–Crippen MR) is 69.2 cm³/mol. The zero-order chi connectivity index (χ0) is 12.6. The molecular weight excluding hydrogens is 237 g/mol. The Morgan fingerprint density at radius 1 is 1.29 bits per heavy atom. The van der Waals surface area contributed by atoms with Gasteiger partial charge in [0, 0.05) is 5.56 Å². The SMILES string of the molecule is CC(C)(C)S(=O)/N=C1\CCc2c(F)cccc21. The molecule has 0 saturated carbocycles. The normalized spacial score (nSPS) is 19.4. The zero-order valence-electron chi connectivity index (χ0n) is 10.3. The second-order valence-corrected chi connectivity index (χ2v) is 7.07. The van der Waals surface area contributed by atoms with Crippen LogP contribution < -0.4 is 0 Å². The summed E-state index contributed by atoms with van der Waals surface area (Å²) in [5.41, 5.74) is 2.30. The topological polar surface area (TPSA) is 29.4 Å². The van der Waals surface area contributed by atoms with E-state index in [0.717, 1.165) is 11.3 Å². The van der Waals surface area contributed by atoms with Crippen molar-refractivity contribution in [2.45, 2.75) is 38.4 Å². The Labute approximate surface area is 104 Å². The van der Waals surface area contributed by atoms with E-state index >= 15 is 0 Å². The summed E-state index contributed by atoms with van der Waals surface area (Å²) < 4.78 is 29.3. The van der Waals surface area contributed by atoms with E-state index in [4.69, 9.17) is 0 Å². The van der Waals surface area contributed by atoms with Gasteiger partial charge in [0.2, 0.25) is 0 Å². The highest BCUT2D eigenvalue weighted by atomic mass is 32.2. The molecule has 0 N–H and O–H groups in total. The molecule has 0 heterocycles. The lowest BCUT2D eigenvalue weighted by Crippen LogP contribution is -2.20.